The van der Waals surface area contributed by atoms with E-state index < -0.39 is 11.2 Å². The summed E-state index contributed by atoms with van der Waals surface area (Å²) in [6.45, 7) is 2.04. The Morgan fingerprint density at radius 1 is 1.11 bits per heavy atom. The van der Waals surface area contributed by atoms with E-state index in [1.54, 1.807) is 13.0 Å². The first kappa shape index (κ1) is 19.3. The molecule has 0 aliphatic carbocycles. The van der Waals surface area contributed by atoms with Crippen LogP contribution < -0.4 is 21.5 Å². The number of rotatable bonds is 4. The SMILES string of the molecule is Cc1cc(C(=O)NCc2ccc(N(C)C)cc2)c2c(=O)n(C)c(=O)n(C)c2n1. The van der Waals surface area contributed by atoms with Gasteiger partial charge in [-0.3, -0.25) is 18.7 Å². The van der Waals surface area contributed by atoms with Gasteiger partial charge in [0.2, 0.25) is 0 Å². The van der Waals surface area contributed by atoms with Crippen LogP contribution in [0.4, 0.5) is 5.69 Å². The zero-order valence-electron chi connectivity index (χ0n) is 16.6. The number of benzene rings is 1. The van der Waals surface area contributed by atoms with Crippen LogP contribution in [0.15, 0.2) is 39.9 Å². The maximum absolute atomic E-state index is 12.8. The first-order valence-electron chi connectivity index (χ1n) is 8.82. The van der Waals surface area contributed by atoms with Gasteiger partial charge in [0.1, 0.15) is 5.65 Å². The van der Waals surface area contributed by atoms with Crippen molar-refractivity contribution >= 4 is 22.6 Å². The van der Waals surface area contributed by atoms with Crippen molar-refractivity contribution in [2.24, 2.45) is 14.1 Å². The molecule has 0 aliphatic rings. The molecule has 0 saturated heterocycles. The third-order valence-corrected chi connectivity index (χ3v) is 4.69. The van der Waals surface area contributed by atoms with E-state index in [9.17, 15) is 14.4 Å². The Kier molecular flexibility index (Phi) is 5.04. The molecule has 1 amide bonds. The van der Waals surface area contributed by atoms with Gasteiger partial charge in [0.15, 0.2) is 0 Å². The number of aromatic nitrogens is 3. The van der Waals surface area contributed by atoms with Gasteiger partial charge in [-0.1, -0.05) is 12.1 Å². The number of fused-ring (bicyclic) bond motifs is 1. The summed E-state index contributed by atoms with van der Waals surface area (Å²) >= 11 is 0. The van der Waals surface area contributed by atoms with Gasteiger partial charge >= 0.3 is 5.69 Å². The van der Waals surface area contributed by atoms with Crippen molar-refractivity contribution in [1.82, 2.24) is 19.4 Å². The fourth-order valence-corrected chi connectivity index (χ4v) is 3.05. The van der Waals surface area contributed by atoms with Crippen LogP contribution in [0, 0.1) is 6.92 Å². The summed E-state index contributed by atoms with van der Waals surface area (Å²) in [7, 11) is 6.84. The van der Waals surface area contributed by atoms with Crippen molar-refractivity contribution < 1.29 is 4.79 Å². The molecule has 2 aromatic heterocycles. The molecular formula is C20H23N5O3. The largest absolute Gasteiger partial charge is 0.378 e. The summed E-state index contributed by atoms with van der Waals surface area (Å²) in [5, 5.41) is 2.98. The molecule has 1 aromatic carbocycles. The van der Waals surface area contributed by atoms with Crippen molar-refractivity contribution in [3.63, 3.8) is 0 Å². The molecule has 1 N–H and O–H groups in total. The van der Waals surface area contributed by atoms with E-state index in [0.717, 1.165) is 15.8 Å². The first-order valence-corrected chi connectivity index (χ1v) is 8.82. The number of nitrogens with zero attached hydrogens (tertiary/aromatic N) is 4. The van der Waals surface area contributed by atoms with Crippen LogP contribution >= 0.6 is 0 Å². The molecule has 0 saturated carbocycles. The third kappa shape index (κ3) is 3.40. The van der Waals surface area contributed by atoms with Gasteiger partial charge in [-0.15, -0.1) is 0 Å². The molecule has 3 rings (SSSR count). The monoisotopic (exact) mass is 381 g/mol. The van der Waals surface area contributed by atoms with E-state index >= 15 is 0 Å². The second kappa shape index (κ2) is 7.30. The average Bonchev–Trinajstić information content (AvgIpc) is 2.68. The van der Waals surface area contributed by atoms with E-state index in [1.165, 1.54) is 18.7 Å². The van der Waals surface area contributed by atoms with Crippen LogP contribution in [0.2, 0.25) is 0 Å². The van der Waals surface area contributed by atoms with Crippen molar-refractivity contribution in [3.05, 3.63) is 68.0 Å². The van der Waals surface area contributed by atoms with Gasteiger partial charge in [-0.05, 0) is 30.7 Å². The summed E-state index contributed by atoms with van der Waals surface area (Å²) < 4.78 is 2.26. The van der Waals surface area contributed by atoms with Gasteiger partial charge in [0, 0.05) is 46.1 Å². The Morgan fingerprint density at radius 2 is 1.75 bits per heavy atom. The molecule has 0 radical (unpaired) electrons. The zero-order chi connectivity index (χ0) is 20.6. The molecule has 2 heterocycles. The molecule has 0 atom stereocenters. The highest BCUT2D eigenvalue weighted by atomic mass is 16.2. The number of hydrogen-bond acceptors (Lipinski definition) is 5. The van der Waals surface area contributed by atoms with Crippen LogP contribution in [0.1, 0.15) is 21.6 Å². The molecule has 8 nitrogen and oxygen atoms in total. The lowest BCUT2D eigenvalue weighted by molar-refractivity contribution is 0.0952. The van der Waals surface area contributed by atoms with Crippen molar-refractivity contribution in [2.75, 3.05) is 19.0 Å². The van der Waals surface area contributed by atoms with Crippen molar-refractivity contribution in [3.8, 4) is 0 Å². The summed E-state index contributed by atoms with van der Waals surface area (Å²) in [6, 6.07) is 9.39. The third-order valence-electron chi connectivity index (χ3n) is 4.69. The highest BCUT2D eigenvalue weighted by Gasteiger charge is 2.19. The number of aryl methyl sites for hydroxylation is 2. The highest BCUT2D eigenvalue weighted by molar-refractivity contribution is 6.05. The fraction of sp³-hybridized carbons (Fsp3) is 0.300. The van der Waals surface area contributed by atoms with E-state index in [0.29, 0.717) is 12.2 Å². The molecule has 8 heteroatoms. The number of amides is 1. The van der Waals surface area contributed by atoms with Gasteiger partial charge in [-0.25, -0.2) is 9.78 Å². The second-order valence-electron chi connectivity index (χ2n) is 6.96. The number of anilines is 1. The Balaban J connectivity index is 1.98. The zero-order valence-corrected chi connectivity index (χ0v) is 16.6. The molecular weight excluding hydrogens is 358 g/mol. The van der Waals surface area contributed by atoms with Gasteiger partial charge in [0.05, 0.1) is 10.9 Å². The minimum atomic E-state index is -0.536. The van der Waals surface area contributed by atoms with Crippen LogP contribution in [0.5, 0.6) is 0 Å². The minimum Gasteiger partial charge on any atom is -0.378 e. The smallest absolute Gasteiger partial charge is 0.332 e. The van der Waals surface area contributed by atoms with E-state index in [4.69, 9.17) is 0 Å². The molecule has 0 unspecified atom stereocenters. The Bertz CT molecular complexity index is 1170. The summed E-state index contributed by atoms with van der Waals surface area (Å²) in [5.74, 6) is -0.386. The standard InChI is InChI=1S/C20H23N5O3/c1-12-10-15(16-17(22-12)24(4)20(28)25(5)19(16)27)18(26)21-11-13-6-8-14(9-7-13)23(2)3/h6-10H,11H2,1-5H3,(H,21,26). The average molecular weight is 381 g/mol. The summed E-state index contributed by atoms with van der Waals surface area (Å²) in [4.78, 5) is 43.9. The molecule has 28 heavy (non-hydrogen) atoms. The second-order valence-corrected chi connectivity index (χ2v) is 6.96. The van der Waals surface area contributed by atoms with Crippen LogP contribution in [-0.4, -0.2) is 34.1 Å². The number of carbonyl (C=O) groups is 1. The van der Waals surface area contributed by atoms with Crippen molar-refractivity contribution in [2.45, 2.75) is 13.5 Å². The molecule has 0 fully saturated rings. The molecule has 0 aliphatic heterocycles. The topological polar surface area (TPSA) is 89.2 Å². The molecule has 0 spiro atoms. The summed E-state index contributed by atoms with van der Waals surface area (Å²) in [6.07, 6.45) is 0. The maximum atomic E-state index is 12.8. The fourth-order valence-electron chi connectivity index (χ4n) is 3.05. The lowest BCUT2D eigenvalue weighted by atomic mass is 10.1. The van der Waals surface area contributed by atoms with Gasteiger partial charge < -0.3 is 10.2 Å². The molecule has 146 valence electrons. The van der Waals surface area contributed by atoms with Crippen LogP contribution in [0.25, 0.3) is 11.0 Å². The molecule has 3 aromatic rings. The van der Waals surface area contributed by atoms with Crippen LogP contribution in [0.3, 0.4) is 0 Å². The quantitative estimate of drug-likeness (QED) is 0.726. The lowest BCUT2D eigenvalue weighted by Gasteiger charge is -2.14. The number of nitrogens with one attached hydrogen (secondary N) is 1. The van der Waals surface area contributed by atoms with Crippen molar-refractivity contribution in [1.29, 1.82) is 0 Å². The summed E-state index contributed by atoms with van der Waals surface area (Å²) in [5.41, 5.74) is 1.95. The van der Waals surface area contributed by atoms with Gasteiger partial charge in [0.25, 0.3) is 11.5 Å². The maximum Gasteiger partial charge on any atom is 0.332 e. The number of carbonyl (C=O) groups excluding carboxylic acids is 1. The number of pyridine rings is 1. The van der Waals surface area contributed by atoms with E-state index in [1.807, 2.05) is 43.3 Å². The Hall–Kier alpha value is -3.42. The van der Waals surface area contributed by atoms with Gasteiger partial charge in [-0.2, -0.15) is 0 Å². The minimum absolute atomic E-state index is 0.135. The normalized spacial score (nSPS) is 10.9. The predicted molar refractivity (Wildman–Crippen MR) is 109 cm³/mol. The highest BCUT2D eigenvalue weighted by Crippen LogP contribution is 2.15. The van der Waals surface area contributed by atoms with E-state index in [-0.39, 0.29) is 22.5 Å². The first-order chi connectivity index (χ1) is 13.2. The molecule has 0 bridgehead atoms. The Labute approximate surface area is 162 Å². The predicted octanol–water partition coefficient (Wildman–Crippen LogP) is 0.937. The van der Waals surface area contributed by atoms with Crippen LogP contribution in [-0.2, 0) is 20.6 Å². The number of hydrogen-bond donors (Lipinski definition) is 1. The lowest BCUT2D eigenvalue weighted by Crippen LogP contribution is -2.38. The Morgan fingerprint density at radius 3 is 2.36 bits per heavy atom. The van der Waals surface area contributed by atoms with E-state index in [2.05, 4.69) is 10.3 Å².